The van der Waals surface area contributed by atoms with E-state index in [-0.39, 0.29) is 0 Å². The van der Waals surface area contributed by atoms with Crippen LogP contribution >= 0.6 is 0 Å². The summed E-state index contributed by atoms with van der Waals surface area (Å²) in [6, 6.07) is 17.9. The lowest BCUT2D eigenvalue weighted by atomic mass is 10.2. The van der Waals surface area contributed by atoms with Crippen LogP contribution < -0.4 is 10.6 Å². The Bertz CT molecular complexity index is 1030. The van der Waals surface area contributed by atoms with Crippen molar-refractivity contribution in [3.63, 3.8) is 0 Å². The molecule has 0 saturated heterocycles. The summed E-state index contributed by atoms with van der Waals surface area (Å²) < 4.78 is 0. The average molecular weight is 328 g/mol. The number of benzene rings is 2. The highest BCUT2D eigenvalue weighted by molar-refractivity contribution is 5.91. The molecule has 0 aliphatic carbocycles. The van der Waals surface area contributed by atoms with E-state index in [0.717, 1.165) is 27.8 Å². The predicted molar refractivity (Wildman–Crippen MR) is 99.3 cm³/mol. The van der Waals surface area contributed by atoms with E-state index in [0.29, 0.717) is 11.8 Å². The van der Waals surface area contributed by atoms with Gasteiger partial charge in [0.25, 0.3) is 0 Å². The van der Waals surface area contributed by atoms with Gasteiger partial charge in [0.2, 0.25) is 5.95 Å². The number of aromatic nitrogens is 4. The van der Waals surface area contributed by atoms with E-state index in [9.17, 15) is 0 Å². The highest BCUT2D eigenvalue weighted by Gasteiger charge is 2.06. The van der Waals surface area contributed by atoms with Gasteiger partial charge in [-0.1, -0.05) is 36.4 Å². The minimum atomic E-state index is 0.414. The molecule has 4 rings (SSSR count). The molecule has 2 heterocycles. The van der Waals surface area contributed by atoms with E-state index in [1.807, 2.05) is 61.5 Å². The maximum atomic E-state index is 4.49. The Hall–Kier alpha value is -3.54. The van der Waals surface area contributed by atoms with E-state index in [1.54, 1.807) is 12.4 Å². The van der Waals surface area contributed by atoms with Gasteiger partial charge in [0, 0.05) is 17.3 Å². The molecule has 0 aliphatic rings. The third-order valence-electron chi connectivity index (χ3n) is 3.85. The number of hydrogen-bond donors (Lipinski definition) is 2. The molecule has 0 fully saturated rings. The van der Waals surface area contributed by atoms with Crippen LogP contribution in [0.5, 0.6) is 0 Å². The zero-order valence-corrected chi connectivity index (χ0v) is 13.6. The third kappa shape index (κ3) is 3.23. The van der Waals surface area contributed by atoms with Crippen LogP contribution in [-0.2, 0) is 0 Å². The molecule has 2 aromatic carbocycles. The van der Waals surface area contributed by atoms with Gasteiger partial charge < -0.3 is 10.6 Å². The SMILES string of the molecule is Cc1ccccc1Nc1cnnc(Nc2cccc3cccnc23)n1. The summed E-state index contributed by atoms with van der Waals surface area (Å²) in [5, 5.41) is 15.6. The van der Waals surface area contributed by atoms with Gasteiger partial charge in [-0.3, -0.25) is 4.98 Å². The fraction of sp³-hybridized carbons (Fsp3) is 0.0526. The molecule has 122 valence electrons. The molecule has 0 spiro atoms. The molecule has 0 unspecified atom stereocenters. The van der Waals surface area contributed by atoms with Crippen LogP contribution in [0.1, 0.15) is 5.56 Å². The van der Waals surface area contributed by atoms with Crippen molar-refractivity contribution in [2.45, 2.75) is 6.92 Å². The molecule has 6 nitrogen and oxygen atoms in total. The summed E-state index contributed by atoms with van der Waals surface area (Å²) in [7, 11) is 0. The Morgan fingerprint density at radius 2 is 1.68 bits per heavy atom. The molecule has 25 heavy (non-hydrogen) atoms. The van der Waals surface area contributed by atoms with Gasteiger partial charge in [-0.2, -0.15) is 10.1 Å². The van der Waals surface area contributed by atoms with Gasteiger partial charge in [-0.25, -0.2) is 0 Å². The molecule has 2 N–H and O–H groups in total. The first-order valence-corrected chi connectivity index (χ1v) is 7.93. The maximum absolute atomic E-state index is 4.49. The zero-order valence-electron chi connectivity index (χ0n) is 13.6. The van der Waals surface area contributed by atoms with E-state index in [1.165, 1.54) is 0 Å². The number of anilines is 4. The van der Waals surface area contributed by atoms with Gasteiger partial charge in [-0.15, -0.1) is 5.10 Å². The minimum absolute atomic E-state index is 0.414. The number of hydrogen-bond acceptors (Lipinski definition) is 6. The first-order valence-electron chi connectivity index (χ1n) is 7.93. The second kappa shape index (κ2) is 6.52. The van der Waals surface area contributed by atoms with Crippen molar-refractivity contribution in [3.05, 3.63) is 72.6 Å². The number of nitrogens with zero attached hydrogens (tertiary/aromatic N) is 4. The number of fused-ring (bicyclic) bond motifs is 1. The predicted octanol–water partition coefficient (Wildman–Crippen LogP) is 4.22. The molecule has 0 aliphatic heterocycles. The molecule has 0 radical (unpaired) electrons. The molecule has 2 aromatic heterocycles. The van der Waals surface area contributed by atoms with Gasteiger partial charge in [0.15, 0.2) is 5.82 Å². The zero-order chi connectivity index (χ0) is 17.1. The number of aryl methyl sites for hydroxylation is 1. The van der Waals surface area contributed by atoms with Crippen LogP contribution in [-0.4, -0.2) is 20.2 Å². The van der Waals surface area contributed by atoms with Crippen LogP contribution in [0.15, 0.2) is 67.0 Å². The Labute approximate surface area is 145 Å². The normalized spacial score (nSPS) is 10.6. The maximum Gasteiger partial charge on any atom is 0.249 e. The fourth-order valence-electron chi connectivity index (χ4n) is 2.59. The number of rotatable bonds is 4. The van der Waals surface area contributed by atoms with E-state index in [2.05, 4.69) is 30.8 Å². The molecular weight excluding hydrogens is 312 g/mol. The van der Waals surface area contributed by atoms with E-state index in [4.69, 9.17) is 0 Å². The van der Waals surface area contributed by atoms with Crippen LogP contribution in [0, 0.1) is 6.92 Å². The Morgan fingerprint density at radius 1 is 0.840 bits per heavy atom. The largest absolute Gasteiger partial charge is 0.339 e. The van der Waals surface area contributed by atoms with Crippen LogP contribution in [0.3, 0.4) is 0 Å². The molecule has 0 atom stereocenters. The lowest BCUT2D eigenvalue weighted by Gasteiger charge is -2.10. The topological polar surface area (TPSA) is 75.6 Å². The van der Waals surface area contributed by atoms with Gasteiger partial charge in [0.1, 0.15) is 0 Å². The fourth-order valence-corrected chi connectivity index (χ4v) is 2.59. The summed E-state index contributed by atoms with van der Waals surface area (Å²) in [5.74, 6) is 1.04. The van der Waals surface area contributed by atoms with E-state index < -0.39 is 0 Å². The standard InChI is InChI=1S/C19H16N6/c1-13-6-2-3-9-15(13)22-17-12-21-25-19(24-17)23-16-10-4-7-14-8-5-11-20-18(14)16/h2-12H,1H3,(H2,22,23,24,25). The minimum Gasteiger partial charge on any atom is -0.339 e. The summed E-state index contributed by atoms with van der Waals surface area (Å²) >= 11 is 0. The molecular formula is C19H16N6. The first kappa shape index (κ1) is 15.0. The molecule has 0 bridgehead atoms. The van der Waals surface area contributed by atoms with Crippen molar-refractivity contribution >= 4 is 34.0 Å². The average Bonchev–Trinajstić information content (AvgIpc) is 2.64. The molecule has 0 saturated carbocycles. The van der Waals surface area contributed by atoms with Gasteiger partial charge >= 0.3 is 0 Å². The highest BCUT2D eigenvalue weighted by atomic mass is 15.3. The van der Waals surface area contributed by atoms with Crippen LogP contribution in [0.25, 0.3) is 10.9 Å². The van der Waals surface area contributed by atoms with Gasteiger partial charge in [0.05, 0.1) is 17.4 Å². The quantitative estimate of drug-likeness (QED) is 0.584. The smallest absolute Gasteiger partial charge is 0.249 e. The van der Waals surface area contributed by atoms with Crippen LogP contribution in [0.4, 0.5) is 23.1 Å². The van der Waals surface area contributed by atoms with Crippen molar-refractivity contribution in [3.8, 4) is 0 Å². The number of pyridine rings is 1. The lowest BCUT2D eigenvalue weighted by Crippen LogP contribution is -2.03. The van der Waals surface area contributed by atoms with Crippen molar-refractivity contribution < 1.29 is 0 Å². The Kier molecular flexibility index (Phi) is 3.92. The summed E-state index contributed by atoms with van der Waals surface area (Å²) in [6.45, 7) is 2.04. The first-order chi connectivity index (χ1) is 12.3. The Morgan fingerprint density at radius 3 is 2.60 bits per heavy atom. The van der Waals surface area contributed by atoms with Crippen molar-refractivity contribution in [1.82, 2.24) is 20.2 Å². The number of para-hydroxylation sites is 2. The van der Waals surface area contributed by atoms with Crippen LogP contribution in [0.2, 0.25) is 0 Å². The molecule has 6 heteroatoms. The Balaban J connectivity index is 1.62. The number of nitrogens with one attached hydrogen (secondary N) is 2. The summed E-state index contributed by atoms with van der Waals surface area (Å²) in [6.07, 6.45) is 3.36. The van der Waals surface area contributed by atoms with Crippen molar-refractivity contribution in [1.29, 1.82) is 0 Å². The second-order valence-electron chi connectivity index (χ2n) is 5.61. The molecule has 0 amide bonds. The monoisotopic (exact) mass is 328 g/mol. The van der Waals surface area contributed by atoms with E-state index >= 15 is 0 Å². The van der Waals surface area contributed by atoms with Crippen molar-refractivity contribution in [2.75, 3.05) is 10.6 Å². The van der Waals surface area contributed by atoms with Gasteiger partial charge in [-0.05, 0) is 30.7 Å². The summed E-state index contributed by atoms with van der Waals surface area (Å²) in [4.78, 5) is 8.91. The lowest BCUT2D eigenvalue weighted by molar-refractivity contribution is 0.982. The highest BCUT2D eigenvalue weighted by Crippen LogP contribution is 2.24. The second-order valence-corrected chi connectivity index (χ2v) is 5.61. The molecule has 4 aromatic rings. The van der Waals surface area contributed by atoms with Crippen molar-refractivity contribution in [2.24, 2.45) is 0 Å². The third-order valence-corrected chi connectivity index (χ3v) is 3.85. The summed E-state index contributed by atoms with van der Waals surface area (Å²) in [5.41, 5.74) is 3.83.